The Morgan fingerprint density at radius 1 is 1.33 bits per heavy atom. The summed E-state index contributed by atoms with van der Waals surface area (Å²) in [4.78, 5) is 22.6. The maximum Gasteiger partial charge on any atom is 0.319 e. The molecule has 0 saturated carbocycles. The third-order valence-corrected chi connectivity index (χ3v) is 3.01. The first-order valence-electron chi connectivity index (χ1n) is 6.79. The number of nitrogens with one attached hydrogen (secondary N) is 2. The molecule has 1 aromatic rings. The topological polar surface area (TPSA) is 87.7 Å². The Balaban J connectivity index is 2.63. The number of hydrogen-bond donors (Lipinski definition) is 3. The van der Waals surface area contributed by atoms with Crippen LogP contribution in [0, 0.1) is 5.92 Å². The molecule has 6 nitrogen and oxygen atoms in total. The van der Waals surface area contributed by atoms with Gasteiger partial charge in [0.2, 0.25) is 0 Å². The zero-order valence-electron chi connectivity index (χ0n) is 12.6. The van der Waals surface area contributed by atoms with E-state index in [4.69, 9.17) is 9.84 Å². The van der Waals surface area contributed by atoms with Crippen molar-refractivity contribution in [2.45, 2.75) is 26.3 Å². The molecule has 0 bridgehead atoms. The molecule has 1 rings (SSSR count). The molecular weight excluding hydrogens is 272 g/mol. The summed E-state index contributed by atoms with van der Waals surface area (Å²) >= 11 is 0. The van der Waals surface area contributed by atoms with Gasteiger partial charge in [-0.1, -0.05) is 26.0 Å². The maximum atomic E-state index is 11.9. The molecule has 0 aromatic heterocycles. The van der Waals surface area contributed by atoms with Crippen LogP contribution < -0.4 is 10.6 Å². The van der Waals surface area contributed by atoms with Crippen LogP contribution >= 0.6 is 0 Å². The number of aliphatic carboxylic acids is 1. The molecule has 1 aromatic carbocycles. The standard InChI is InChI=1S/C15H22N2O4/c1-10(2)13(9-21-3)17-15(20)16-12-6-4-5-11(7-12)8-14(18)19/h4-7,10,13H,8-9H2,1-3H3,(H,18,19)(H2,16,17,20). The minimum atomic E-state index is -0.906. The number of hydrogen-bond acceptors (Lipinski definition) is 3. The normalized spacial score (nSPS) is 12.0. The van der Waals surface area contributed by atoms with Crippen molar-refractivity contribution in [3.05, 3.63) is 29.8 Å². The van der Waals surface area contributed by atoms with Gasteiger partial charge in [-0.25, -0.2) is 4.79 Å². The Morgan fingerprint density at radius 2 is 2.05 bits per heavy atom. The number of benzene rings is 1. The Bertz CT molecular complexity index is 488. The molecule has 0 fully saturated rings. The van der Waals surface area contributed by atoms with Gasteiger partial charge in [0, 0.05) is 12.8 Å². The van der Waals surface area contributed by atoms with Crippen LogP contribution in [0.4, 0.5) is 10.5 Å². The maximum absolute atomic E-state index is 11.9. The lowest BCUT2D eigenvalue weighted by atomic mass is 10.1. The Kier molecular flexibility index (Phi) is 6.68. The fraction of sp³-hybridized carbons (Fsp3) is 0.467. The third-order valence-electron chi connectivity index (χ3n) is 3.01. The summed E-state index contributed by atoms with van der Waals surface area (Å²) < 4.78 is 5.07. The number of carboxylic acids is 1. The van der Waals surface area contributed by atoms with Crippen molar-refractivity contribution >= 4 is 17.7 Å². The summed E-state index contributed by atoms with van der Waals surface area (Å²) in [5, 5.41) is 14.3. The number of amides is 2. The summed E-state index contributed by atoms with van der Waals surface area (Å²) in [6.45, 7) is 4.43. The van der Waals surface area contributed by atoms with E-state index in [2.05, 4.69) is 10.6 Å². The second kappa shape index (κ2) is 8.26. The predicted molar refractivity (Wildman–Crippen MR) is 80.4 cm³/mol. The van der Waals surface area contributed by atoms with Crippen molar-refractivity contribution in [2.24, 2.45) is 5.92 Å². The SMILES string of the molecule is COCC(NC(=O)Nc1cccc(CC(=O)O)c1)C(C)C. The highest BCUT2D eigenvalue weighted by molar-refractivity contribution is 5.89. The zero-order valence-corrected chi connectivity index (χ0v) is 12.6. The smallest absolute Gasteiger partial charge is 0.319 e. The number of urea groups is 1. The summed E-state index contributed by atoms with van der Waals surface area (Å²) in [7, 11) is 1.59. The van der Waals surface area contributed by atoms with E-state index in [0.29, 0.717) is 17.9 Å². The van der Waals surface area contributed by atoms with Gasteiger partial charge in [0.1, 0.15) is 0 Å². The van der Waals surface area contributed by atoms with Gasteiger partial charge in [-0.05, 0) is 23.6 Å². The van der Waals surface area contributed by atoms with Crippen molar-refractivity contribution < 1.29 is 19.4 Å². The quantitative estimate of drug-likeness (QED) is 0.718. The van der Waals surface area contributed by atoms with Crippen molar-refractivity contribution in [1.82, 2.24) is 5.32 Å². The number of rotatable bonds is 7. The average Bonchev–Trinajstić information content (AvgIpc) is 2.37. The molecule has 6 heteroatoms. The summed E-state index contributed by atoms with van der Waals surface area (Å²) in [6.07, 6.45) is -0.0740. The molecule has 116 valence electrons. The Morgan fingerprint density at radius 3 is 2.62 bits per heavy atom. The number of methoxy groups -OCH3 is 1. The fourth-order valence-corrected chi connectivity index (χ4v) is 1.85. The molecule has 0 aliphatic carbocycles. The summed E-state index contributed by atoms with van der Waals surface area (Å²) in [6, 6.07) is 6.36. The number of anilines is 1. The highest BCUT2D eigenvalue weighted by atomic mass is 16.5. The summed E-state index contributed by atoms with van der Waals surface area (Å²) in [5.41, 5.74) is 1.20. The summed E-state index contributed by atoms with van der Waals surface area (Å²) in [5.74, 6) is -0.661. The van der Waals surface area contributed by atoms with Crippen LogP contribution in [0.25, 0.3) is 0 Å². The van der Waals surface area contributed by atoms with Crippen LogP contribution in [0.1, 0.15) is 19.4 Å². The minimum absolute atomic E-state index is 0.0740. The first kappa shape index (κ1) is 17.0. The molecule has 0 saturated heterocycles. The number of ether oxygens (including phenoxy) is 1. The van der Waals surface area contributed by atoms with Gasteiger partial charge < -0.3 is 20.5 Å². The van der Waals surface area contributed by atoms with E-state index in [1.807, 2.05) is 13.8 Å². The number of carbonyl (C=O) groups excluding carboxylic acids is 1. The molecule has 2 amide bonds. The van der Waals surface area contributed by atoms with Gasteiger partial charge >= 0.3 is 12.0 Å². The lowest BCUT2D eigenvalue weighted by molar-refractivity contribution is -0.136. The number of carbonyl (C=O) groups is 2. The Hall–Kier alpha value is -2.08. The zero-order chi connectivity index (χ0) is 15.8. The predicted octanol–water partition coefficient (Wildman–Crippen LogP) is 2.11. The monoisotopic (exact) mass is 294 g/mol. The van der Waals surface area contributed by atoms with E-state index in [-0.39, 0.29) is 24.4 Å². The minimum Gasteiger partial charge on any atom is -0.481 e. The highest BCUT2D eigenvalue weighted by Crippen LogP contribution is 2.11. The van der Waals surface area contributed by atoms with Gasteiger partial charge in [0.15, 0.2) is 0 Å². The van der Waals surface area contributed by atoms with Crippen molar-refractivity contribution in [3.8, 4) is 0 Å². The van der Waals surface area contributed by atoms with Crippen molar-refractivity contribution in [1.29, 1.82) is 0 Å². The molecule has 0 radical (unpaired) electrons. The fourth-order valence-electron chi connectivity index (χ4n) is 1.85. The highest BCUT2D eigenvalue weighted by Gasteiger charge is 2.16. The number of carboxylic acid groups (broad SMARTS) is 1. The van der Waals surface area contributed by atoms with Crippen molar-refractivity contribution in [3.63, 3.8) is 0 Å². The van der Waals surface area contributed by atoms with Gasteiger partial charge in [0.05, 0.1) is 19.1 Å². The van der Waals surface area contributed by atoms with Crippen LogP contribution in [0.3, 0.4) is 0 Å². The molecule has 0 aliphatic heterocycles. The lowest BCUT2D eigenvalue weighted by Gasteiger charge is -2.21. The van der Waals surface area contributed by atoms with Crippen LogP contribution in [0.5, 0.6) is 0 Å². The van der Waals surface area contributed by atoms with E-state index in [0.717, 1.165) is 0 Å². The van der Waals surface area contributed by atoms with Gasteiger partial charge in [-0.2, -0.15) is 0 Å². The molecule has 21 heavy (non-hydrogen) atoms. The van der Waals surface area contributed by atoms with Crippen LogP contribution in [-0.2, 0) is 16.0 Å². The lowest BCUT2D eigenvalue weighted by Crippen LogP contribution is -2.43. The second-order valence-corrected chi connectivity index (χ2v) is 5.18. The van der Waals surface area contributed by atoms with Gasteiger partial charge in [-0.15, -0.1) is 0 Å². The van der Waals surface area contributed by atoms with Gasteiger partial charge in [-0.3, -0.25) is 4.79 Å². The van der Waals surface area contributed by atoms with Gasteiger partial charge in [0.25, 0.3) is 0 Å². The van der Waals surface area contributed by atoms with Crippen LogP contribution in [0.2, 0.25) is 0 Å². The molecule has 0 spiro atoms. The van der Waals surface area contributed by atoms with Crippen LogP contribution in [-0.4, -0.2) is 36.9 Å². The van der Waals surface area contributed by atoms with E-state index in [9.17, 15) is 9.59 Å². The van der Waals surface area contributed by atoms with E-state index >= 15 is 0 Å². The molecule has 1 unspecified atom stereocenters. The molecule has 0 aliphatic rings. The molecule has 3 N–H and O–H groups in total. The van der Waals surface area contributed by atoms with E-state index in [1.54, 1.807) is 31.4 Å². The van der Waals surface area contributed by atoms with E-state index < -0.39 is 5.97 Å². The molecule has 0 heterocycles. The van der Waals surface area contributed by atoms with E-state index in [1.165, 1.54) is 0 Å². The largest absolute Gasteiger partial charge is 0.481 e. The molecule has 1 atom stereocenters. The average molecular weight is 294 g/mol. The van der Waals surface area contributed by atoms with Crippen molar-refractivity contribution in [2.75, 3.05) is 19.0 Å². The Labute approximate surface area is 124 Å². The molecular formula is C15H22N2O4. The third kappa shape index (κ3) is 6.27. The van der Waals surface area contributed by atoms with Crippen LogP contribution in [0.15, 0.2) is 24.3 Å². The first-order chi connectivity index (χ1) is 9.92. The first-order valence-corrected chi connectivity index (χ1v) is 6.79. The second-order valence-electron chi connectivity index (χ2n) is 5.18.